The molecule has 1 atom stereocenters. The Labute approximate surface area is 107 Å². The second-order valence-electron chi connectivity index (χ2n) is 3.46. The van der Waals surface area contributed by atoms with E-state index >= 15 is 0 Å². The first-order valence-electron chi connectivity index (χ1n) is 5.24. The van der Waals surface area contributed by atoms with Gasteiger partial charge >= 0.3 is 6.18 Å². The Morgan fingerprint density at radius 2 is 2.24 bits per heavy atom. The highest BCUT2D eigenvalue weighted by molar-refractivity contribution is 7.98. The van der Waals surface area contributed by atoms with E-state index in [4.69, 9.17) is 0 Å². The van der Waals surface area contributed by atoms with Crippen LogP contribution in [0.15, 0.2) is 6.20 Å². The Balaban J connectivity index is 2.76. The zero-order valence-electron chi connectivity index (χ0n) is 9.67. The van der Waals surface area contributed by atoms with Crippen molar-refractivity contribution in [2.45, 2.75) is 25.6 Å². The molecule has 0 bridgehead atoms. The summed E-state index contributed by atoms with van der Waals surface area (Å²) in [6.45, 7) is 2.68. The average Bonchev–Trinajstić information content (AvgIpc) is 2.72. The largest absolute Gasteiger partial charge is 0.443 e. The number of aromatic nitrogens is 1. The van der Waals surface area contributed by atoms with Crippen LogP contribution in [0.3, 0.4) is 0 Å². The molecule has 1 N–H and O–H groups in total. The van der Waals surface area contributed by atoms with Gasteiger partial charge in [-0.3, -0.25) is 0 Å². The van der Waals surface area contributed by atoms with Crippen molar-refractivity contribution in [3.8, 4) is 0 Å². The van der Waals surface area contributed by atoms with Gasteiger partial charge in [0.1, 0.15) is 0 Å². The monoisotopic (exact) mass is 284 g/mol. The summed E-state index contributed by atoms with van der Waals surface area (Å²) in [5, 5.41) is 2.42. The normalized spacial score (nSPS) is 13.9. The Bertz CT molecular complexity index is 339. The number of nitrogens with one attached hydrogen (secondary N) is 1. The lowest BCUT2D eigenvalue weighted by atomic mass is 10.2. The number of hydrogen-bond acceptors (Lipinski definition) is 4. The fourth-order valence-corrected chi connectivity index (χ4v) is 2.77. The molecular weight excluding hydrogens is 269 g/mol. The molecule has 1 unspecified atom stereocenters. The standard InChI is InChI=1S/C10H15F3N2S2/c1-3-14-7(4-5-16-2)8-6-15-9(17-8)10(11,12)13/h6-7,14H,3-5H2,1-2H3. The van der Waals surface area contributed by atoms with E-state index in [1.54, 1.807) is 11.8 Å². The van der Waals surface area contributed by atoms with Gasteiger partial charge < -0.3 is 5.32 Å². The van der Waals surface area contributed by atoms with E-state index < -0.39 is 11.2 Å². The van der Waals surface area contributed by atoms with Crippen molar-refractivity contribution in [3.63, 3.8) is 0 Å². The van der Waals surface area contributed by atoms with Gasteiger partial charge in [-0.2, -0.15) is 24.9 Å². The summed E-state index contributed by atoms with van der Waals surface area (Å²) in [6.07, 6.45) is -0.203. The van der Waals surface area contributed by atoms with Crippen LogP contribution in [0.1, 0.15) is 29.3 Å². The Kier molecular flexibility index (Phi) is 5.75. The molecule has 2 nitrogen and oxygen atoms in total. The summed E-state index contributed by atoms with van der Waals surface area (Å²) in [4.78, 5) is 4.11. The van der Waals surface area contributed by atoms with Crippen LogP contribution in [0.2, 0.25) is 0 Å². The van der Waals surface area contributed by atoms with Crippen LogP contribution >= 0.6 is 23.1 Å². The molecule has 0 saturated carbocycles. The SMILES string of the molecule is CCNC(CCSC)c1cnc(C(F)(F)F)s1. The van der Waals surface area contributed by atoms with Crippen molar-refractivity contribution < 1.29 is 13.2 Å². The molecule has 0 radical (unpaired) electrons. The smallest absolute Gasteiger partial charge is 0.309 e. The molecule has 0 saturated heterocycles. The van der Waals surface area contributed by atoms with E-state index in [2.05, 4.69) is 10.3 Å². The second-order valence-corrected chi connectivity index (χ2v) is 5.51. The molecule has 0 aliphatic heterocycles. The third-order valence-electron chi connectivity index (χ3n) is 2.17. The van der Waals surface area contributed by atoms with E-state index in [-0.39, 0.29) is 6.04 Å². The lowest BCUT2D eigenvalue weighted by Crippen LogP contribution is -2.20. The molecule has 0 aliphatic rings. The van der Waals surface area contributed by atoms with E-state index in [1.165, 1.54) is 6.20 Å². The first kappa shape index (κ1) is 14.8. The van der Waals surface area contributed by atoms with Crippen LogP contribution in [0.4, 0.5) is 13.2 Å². The quantitative estimate of drug-likeness (QED) is 0.864. The zero-order chi connectivity index (χ0) is 12.9. The predicted molar refractivity (Wildman–Crippen MR) is 66.5 cm³/mol. The van der Waals surface area contributed by atoms with Crippen molar-refractivity contribution in [1.29, 1.82) is 0 Å². The molecule has 0 aromatic carbocycles. The van der Waals surface area contributed by atoms with E-state index in [9.17, 15) is 13.2 Å². The third-order valence-corrected chi connectivity index (χ3v) is 3.97. The van der Waals surface area contributed by atoms with Crippen molar-refractivity contribution in [2.24, 2.45) is 0 Å². The molecule has 1 aromatic rings. The van der Waals surface area contributed by atoms with Gasteiger partial charge in [0.05, 0.1) is 0 Å². The Morgan fingerprint density at radius 3 is 2.71 bits per heavy atom. The number of nitrogens with zero attached hydrogens (tertiary/aromatic N) is 1. The topological polar surface area (TPSA) is 24.9 Å². The minimum Gasteiger partial charge on any atom is -0.309 e. The van der Waals surface area contributed by atoms with Gasteiger partial charge in [0.25, 0.3) is 0 Å². The van der Waals surface area contributed by atoms with Gasteiger partial charge in [0.2, 0.25) is 0 Å². The number of rotatable bonds is 6. The van der Waals surface area contributed by atoms with Crippen molar-refractivity contribution in [2.75, 3.05) is 18.6 Å². The maximum Gasteiger partial charge on any atom is 0.443 e. The first-order valence-corrected chi connectivity index (χ1v) is 7.45. The highest BCUT2D eigenvalue weighted by atomic mass is 32.2. The molecule has 1 heterocycles. The fraction of sp³-hybridized carbons (Fsp3) is 0.700. The second kappa shape index (κ2) is 6.61. The molecule has 7 heteroatoms. The van der Waals surface area contributed by atoms with Crippen molar-refractivity contribution in [1.82, 2.24) is 10.3 Å². The summed E-state index contributed by atoms with van der Waals surface area (Å²) in [5.41, 5.74) is 0. The molecular formula is C10H15F3N2S2. The predicted octanol–water partition coefficient (Wildman–Crippen LogP) is 3.57. The van der Waals surface area contributed by atoms with Crippen LogP contribution in [0, 0.1) is 0 Å². The van der Waals surface area contributed by atoms with Gasteiger partial charge in [-0.1, -0.05) is 6.92 Å². The molecule has 1 rings (SSSR count). The van der Waals surface area contributed by atoms with E-state index in [0.717, 1.165) is 30.1 Å². The summed E-state index contributed by atoms with van der Waals surface area (Å²) in [7, 11) is 0. The molecule has 0 amide bonds. The van der Waals surface area contributed by atoms with Crippen LogP contribution in [-0.2, 0) is 6.18 Å². The maximum absolute atomic E-state index is 12.4. The molecule has 0 spiro atoms. The van der Waals surface area contributed by atoms with Crippen LogP contribution in [0.25, 0.3) is 0 Å². The van der Waals surface area contributed by atoms with E-state index in [1.807, 2.05) is 13.2 Å². The zero-order valence-corrected chi connectivity index (χ0v) is 11.3. The minimum atomic E-state index is -4.33. The van der Waals surface area contributed by atoms with Crippen molar-refractivity contribution in [3.05, 3.63) is 16.1 Å². The van der Waals surface area contributed by atoms with Gasteiger partial charge in [-0.15, -0.1) is 11.3 Å². The molecule has 98 valence electrons. The Hall–Kier alpha value is -0.270. The van der Waals surface area contributed by atoms with Gasteiger partial charge in [-0.05, 0) is 25.0 Å². The summed E-state index contributed by atoms with van der Waals surface area (Å²) in [5.74, 6) is 0.914. The van der Waals surface area contributed by atoms with Crippen molar-refractivity contribution >= 4 is 23.1 Å². The molecule has 1 aromatic heterocycles. The number of thioether (sulfide) groups is 1. The van der Waals surface area contributed by atoms with Gasteiger partial charge in [0.15, 0.2) is 5.01 Å². The van der Waals surface area contributed by atoms with Crippen LogP contribution in [-0.4, -0.2) is 23.5 Å². The Morgan fingerprint density at radius 1 is 1.53 bits per heavy atom. The summed E-state index contributed by atoms with van der Waals surface area (Å²) >= 11 is 2.42. The van der Waals surface area contributed by atoms with E-state index in [0.29, 0.717) is 4.88 Å². The number of halogens is 3. The lowest BCUT2D eigenvalue weighted by Gasteiger charge is -2.14. The van der Waals surface area contributed by atoms with Crippen LogP contribution in [0.5, 0.6) is 0 Å². The highest BCUT2D eigenvalue weighted by Crippen LogP contribution is 2.35. The minimum absolute atomic E-state index is 0.0268. The summed E-state index contributed by atoms with van der Waals surface area (Å²) < 4.78 is 37.3. The number of hydrogen-bond donors (Lipinski definition) is 1. The van der Waals surface area contributed by atoms with Gasteiger partial charge in [-0.25, -0.2) is 4.98 Å². The van der Waals surface area contributed by atoms with Gasteiger partial charge in [0, 0.05) is 17.1 Å². The molecule has 0 aliphatic carbocycles. The summed E-state index contributed by atoms with van der Waals surface area (Å²) in [6, 6.07) is -0.0268. The number of alkyl halides is 3. The lowest BCUT2D eigenvalue weighted by molar-refractivity contribution is -0.137. The van der Waals surface area contributed by atoms with Crippen LogP contribution < -0.4 is 5.32 Å². The fourth-order valence-electron chi connectivity index (χ4n) is 1.41. The number of thiazole rings is 1. The average molecular weight is 284 g/mol. The first-order chi connectivity index (χ1) is 7.99. The third kappa shape index (κ3) is 4.48. The maximum atomic E-state index is 12.4. The molecule has 17 heavy (non-hydrogen) atoms. The molecule has 0 fully saturated rings. The highest BCUT2D eigenvalue weighted by Gasteiger charge is 2.35.